The zero-order valence-electron chi connectivity index (χ0n) is 11.6. The first-order valence-electron chi connectivity index (χ1n) is 6.84. The number of rotatable bonds is 4. The molecule has 108 valence electrons. The standard InChI is InChI=1S/C14H19N3O3/c1-2-4-12(18)16-7-9-17(10-8-16)13-11(14(19)20)5-3-6-15-13/h3,5-6H,2,4,7-10H2,1H3,(H,19,20). The first-order chi connectivity index (χ1) is 9.63. The fourth-order valence-electron chi connectivity index (χ4n) is 2.36. The third kappa shape index (κ3) is 3.07. The fourth-order valence-corrected chi connectivity index (χ4v) is 2.36. The first-order valence-corrected chi connectivity index (χ1v) is 6.84. The van der Waals surface area contributed by atoms with Gasteiger partial charge in [0.25, 0.3) is 0 Å². The summed E-state index contributed by atoms with van der Waals surface area (Å²) in [5, 5.41) is 9.18. The normalized spacial score (nSPS) is 15.2. The number of aromatic nitrogens is 1. The van der Waals surface area contributed by atoms with Crippen LogP contribution in [0, 0.1) is 0 Å². The highest BCUT2D eigenvalue weighted by Crippen LogP contribution is 2.19. The molecule has 0 unspecified atom stereocenters. The Kier molecular flexibility index (Phi) is 4.55. The summed E-state index contributed by atoms with van der Waals surface area (Å²) in [6, 6.07) is 3.17. The molecule has 1 aliphatic heterocycles. The Balaban J connectivity index is 2.04. The van der Waals surface area contributed by atoms with Crippen molar-refractivity contribution in [3.63, 3.8) is 0 Å². The number of aromatic carboxylic acids is 1. The van der Waals surface area contributed by atoms with Crippen molar-refractivity contribution in [2.24, 2.45) is 0 Å². The summed E-state index contributed by atoms with van der Waals surface area (Å²) in [4.78, 5) is 30.9. The smallest absolute Gasteiger partial charge is 0.339 e. The van der Waals surface area contributed by atoms with Gasteiger partial charge in [-0.3, -0.25) is 4.79 Å². The molecule has 1 aromatic rings. The molecule has 0 spiro atoms. The maximum absolute atomic E-state index is 11.8. The van der Waals surface area contributed by atoms with Crippen molar-refractivity contribution in [2.75, 3.05) is 31.1 Å². The third-order valence-electron chi connectivity index (χ3n) is 3.41. The lowest BCUT2D eigenvalue weighted by atomic mass is 10.2. The molecule has 0 aromatic carbocycles. The summed E-state index contributed by atoms with van der Waals surface area (Å²) in [5.74, 6) is -0.313. The average Bonchev–Trinajstić information content (AvgIpc) is 2.47. The van der Waals surface area contributed by atoms with Gasteiger partial charge in [0.1, 0.15) is 11.4 Å². The summed E-state index contributed by atoms with van der Waals surface area (Å²) >= 11 is 0. The number of hydrogen-bond donors (Lipinski definition) is 1. The lowest BCUT2D eigenvalue weighted by molar-refractivity contribution is -0.131. The van der Waals surface area contributed by atoms with Crippen LogP contribution in [0.1, 0.15) is 30.1 Å². The van der Waals surface area contributed by atoms with Crippen LogP contribution in [0.25, 0.3) is 0 Å². The van der Waals surface area contributed by atoms with Crippen LogP contribution >= 0.6 is 0 Å². The van der Waals surface area contributed by atoms with Gasteiger partial charge in [0.05, 0.1) is 0 Å². The highest BCUT2D eigenvalue weighted by atomic mass is 16.4. The summed E-state index contributed by atoms with van der Waals surface area (Å²) in [5.41, 5.74) is 0.209. The Morgan fingerprint density at radius 1 is 1.30 bits per heavy atom. The van der Waals surface area contributed by atoms with Crippen molar-refractivity contribution in [3.05, 3.63) is 23.9 Å². The van der Waals surface area contributed by atoms with Crippen LogP contribution in [0.5, 0.6) is 0 Å². The van der Waals surface area contributed by atoms with Gasteiger partial charge in [0.15, 0.2) is 0 Å². The second-order valence-corrected chi connectivity index (χ2v) is 4.80. The lowest BCUT2D eigenvalue weighted by Gasteiger charge is -2.35. The van der Waals surface area contributed by atoms with Crippen molar-refractivity contribution in [1.82, 2.24) is 9.88 Å². The summed E-state index contributed by atoms with van der Waals surface area (Å²) in [6.07, 6.45) is 3.02. The van der Waals surface area contributed by atoms with Gasteiger partial charge in [-0.25, -0.2) is 9.78 Å². The molecule has 1 aromatic heterocycles. The van der Waals surface area contributed by atoms with Crippen LogP contribution in [-0.2, 0) is 4.79 Å². The van der Waals surface area contributed by atoms with Gasteiger partial charge in [-0.1, -0.05) is 6.92 Å². The number of piperazine rings is 1. The molecular weight excluding hydrogens is 258 g/mol. The van der Waals surface area contributed by atoms with Crippen LogP contribution in [0.4, 0.5) is 5.82 Å². The lowest BCUT2D eigenvalue weighted by Crippen LogP contribution is -2.49. The van der Waals surface area contributed by atoms with E-state index in [1.807, 2.05) is 16.7 Å². The average molecular weight is 277 g/mol. The molecular formula is C14H19N3O3. The Labute approximate surface area is 118 Å². The second kappa shape index (κ2) is 6.36. The summed E-state index contributed by atoms with van der Waals surface area (Å²) in [6.45, 7) is 4.46. The van der Waals surface area contributed by atoms with E-state index in [9.17, 15) is 14.7 Å². The topological polar surface area (TPSA) is 73.7 Å². The van der Waals surface area contributed by atoms with Crippen LogP contribution in [0.15, 0.2) is 18.3 Å². The summed E-state index contributed by atoms with van der Waals surface area (Å²) < 4.78 is 0. The minimum absolute atomic E-state index is 0.173. The number of carboxylic acids is 1. The van der Waals surface area contributed by atoms with E-state index in [1.165, 1.54) is 0 Å². The van der Waals surface area contributed by atoms with Crippen LogP contribution in [0.3, 0.4) is 0 Å². The van der Waals surface area contributed by atoms with Gasteiger partial charge in [0, 0.05) is 38.8 Å². The van der Waals surface area contributed by atoms with E-state index >= 15 is 0 Å². The molecule has 1 aliphatic rings. The van der Waals surface area contributed by atoms with E-state index in [0.29, 0.717) is 38.4 Å². The second-order valence-electron chi connectivity index (χ2n) is 4.80. The van der Waals surface area contributed by atoms with Crippen molar-refractivity contribution in [3.8, 4) is 0 Å². The Morgan fingerprint density at radius 2 is 2.00 bits per heavy atom. The van der Waals surface area contributed by atoms with E-state index < -0.39 is 5.97 Å². The quantitative estimate of drug-likeness (QED) is 0.896. The SMILES string of the molecule is CCCC(=O)N1CCN(c2ncccc2C(=O)O)CC1. The van der Waals surface area contributed by atoms with Gasteiger partial charge < -0.3 is 14.9 Å². The molecule has 2 heterocycles. The molecule has 1 saturated heterocycles. The Morgan fingerprint density at radius 3 is 2.60 bits per heavy atom. The van der Waals surface area contributed by atoms with E-state index in [1.54, 1.807) is 18.3 Å². The number of carboxylic acid groups (broad SMARTS) is 1. The maximum atomic E-state index is 11.8. The van der Waals surface area contributed by atoms with Crippen molar-refractivity contribution < 1.29 is 14.7 Å². The van der Waals surface area contributed by atoms with Gasteiger partial charge in [0.2, 0.25) is 5.91 Å². The van der Waals surface area contributed by atoms with Crippen LogP contribution in [0.2, 0.25) is 0 Å². The molecule has 0 radical (unpaired) electrons. The highest BCUT2D eigenvalue weighted by molar-refractivity contribution is 5.93. The number of anilines is 1. The predicted octanol–water partition coefficient (Wildman–Crippen LogP) is 1.23. The zero-order chi connectivity index (χ0) is 14.5. The number of nitrogens with zero attached hydrogens (tertiary/aromatic N) is 3. The van der Waals surface area contributed by atoms with E-state index in [4.69, 9.17) is 0 Å². The molecule has 2 rings (SSSR count). The largest absolute Gasteiger partial charge is 0.478 e. The van der Waals surface area contributed by atoms with Crippen LogP contribution in [-0.4, -0.2) is 53.0 Å². The molecule has 0 bridgehead atoms. The minimum Gasteiger partial charge on any atom is -0.478 e. The number of pyridine rings is 1. The molecule has 0 atom stereocenters. The van der Waals surface area contributed by atoms with E-state index in [2.05, 4.69) is 4.98 Å². The van der Waals surface area contributed by atoms with E-state index in [-0.39, 0.29) is 11.5 Å². The molecule has 0 saturated carbocycles. The molecule has 1 N–H and O–H groups in total. The number of carbonyl (C=O) groups excluding carboxylic acids is 1. The molecule has 1 fully saturated rings. The third-order valence-corrected chi connectivity index (χ3v) is 3.41. The highest BCUT2D eigenvalue weighted by Gasteiger charge is 2.24. The first kappa shape index (κ1) is 14.3. The number of amides is 1. The predicted molar refractivity (Wildman–Crippen MR) is 74.9 cm³/mol. The number of carbonyl (C=O) groups is 2. The van der Waals surface area contributed by atoms with Crippen LogP contribution < -0.4 is 4.90 Å². The minimum atomic E-state index is -0.974. The van der Waals surface area contributed by atoms with E-state index in [0.717, 1.165) is 6.42 Å². The van der Waals surface area contributed by atoms with Gasteiger partial charge in [-0.15, -0.1) is 0 Å². The molecule has 0 aliphatic carbocycles. The molecule has 20 heavy (non-hydrogen) atoms. The summed E-state index contributed by atoms with van der Waals surface area (Å²) in [7, 11) is 0. The molecule has 1 amide bonds. The van der Waals surface area contributed by atoms with Gasteiger partial charge >= 0.3 is 5.97 Å². The number of hydrogen-bond acceptors (Lipinski definition) is 4. The monoisotopic (exact) mass is 277 g/mol. The van der Waals surface area contributed by atoms with Gasteiger partial charge in [-0.2, -0.15) is 0 Å². The van der Waals surface area contributed by atoms with Gasteiger partial charge in [-0.05, 0) is 18.6 Å². The Hall–Kier alpha value is -2.11. The molecule has 6 nitrogen and oxygen atoms in total. The molecule has 6 heteroatoms. The zero-order valence-corrected chi connectivity index (χ0v) is 11.6. The fraction of sp³-hybridized carbons (Fsp3) is 0.500. The van der Waals surface area contributed by atoms with Crippen molar-refractivity contribution >= 4 is 17.7 Å². The van der Waals surface area contributed by atoms with Crippen molar-refractivity contribution in [1.29, 1.82) is 0 Å². The Bertz CT molecular complexity index is 496. The maximum Gasteiger partial charge on any atom is 0.339 e. The van der Waals surface area contributed by atoms with Crippen molar-refractivity contribution in [2.45, 2.75) is 19.8 Å².